The Morgan fingerprint density at radius 2 is 1.83 bits per heavy atom. The summed E-state index contributed by atoms with van der Waals surface area (Å²) in [6.07, 6.45) is 0. The van der Waals surface area contributed by atoms with Gasteiger partial charge in [0.15, 0.2) is 0 Å². The molecule has 0 aliphatic carbocycles. The standard InChI is InChI=1S/C22H26FN3O3/c1-16-7-8-17(13-20(16)29-2)22(28)26-11-9-25(10-12-26)15-21(27)24-14-18-5-3-4-6-19(18)23/h3-8,13H,9-12,14-15H2,1-2H3,(H,24,27). The summed E-state index contributed by atoms with van der Waals surface area (Å²) >= 11 is 0. The highest BCUT2D eigenvalue weighted by Gasteiger charge is 2.23. The predicted molar refractivity (Wildman–Crippen MR) is 108 cm³/mol. The van der Waals surface area contributed by atoms with Crippen LogP contribution >= 0.6 is 0 Å². The second kappa shape index (κ2) is 9.52. The van der Waals surface area contributed by atoms with Crippen molar-refractivity contribution in [3.63, 3.8) is 0 Å². The van der Waals surface area contributed by atoms with E-state index in [9.17, 15) is 14.0 Å². The number of piperazine rings is 1. The summed E-state index contributed by atoms with van der Waals surface area (Å²) in [5.74, 6) is 0.178. The van der Waals surface area contributed by atoms with Gasteiger partial charge in [0, 0.05) is 43.9 Å². The minimum atomic E-state index is -0.326. The summed E-state index contributed by atoms with van der Waals surface area (Å²) in [5.41, 5.74) is 2.04. The van der Waals surface area contributed by atoms with Gasteiger partial charge in [0.1, 0.15) is 11.6 Å². The van der Waals surface area contributed by atoms with Crippen molar-refractivity contribution in [3.8, 4) is 5.75 Å². The molecule has 3 rings (SSSR count). The largest absolute Gasteiger partial charge is 0.496 e. The van der Waals surface area contributed by atoms with Crippen LogP contribution in [-0.2, 0) is 11.3 Å². The van der Waals surface area contributed by atoms with Crippen LogP contribution in [0.2, 0.25) is 0 Å². The lowest BCUT2D eigenvalue weighted by molar-refractivity contribution is -0.122. The van der Waals surface area contributed by atoms with Crippen molar-refractivity contribution in [2.24, 2.45) is 0 Å². The Morgan fingerprint density at radius 3 is 2.52 bits per heavy atom. The Labute approximate surface area is 170 Å². The molecule has 1 heterocycles. The highest BCUT2D eigenvalue weighted by Crippen LogP contribution is 2.20. The number of methoxy groups -OCH3 is 1. The van der Waals surface area contributed by atoms with Gasteiger partial charge in [-0.3, -0.25) is 14.5 Å². The number of carbonyl (C=O) groups is 2. The maximum Gasteiger partial charge on any atom is 0.254 e. The van der Waals surface area contributed by atoms with Gasteiger partial charge < -0.3 is 15.0 Å². The Kier molecular flexibility index (Phi) is 6.82. The van der Waals surface area contributed by atoms with Gasteiger partial charge in [-0.25, -0.2) is 4.39 Å². The van der Waals surface area contributed by atoms with Crippen molar-refractivity contribution in [3.05, 3.63) is 65.0 Å². The molecule has 0 unspecified atom stereocenters. The lowest BCUT2D eigenvalue weighted by atomic mass is 10.1. The van der Waals surface area contributed by atoms with Crippen LogP contribution in [0.15, 0.2) is 42.5 Å². The Hall–Kier alpha value is -2.93. The maximum absolute atomic E-state index is 13.6. The van der Waals surface area contributed by atoms with E-state index >= 15 is 0 Å². The third-order valence-electron chi connectivity index (χ3n) is 5.12. The first-order valence-electron chi connectivity index (χ1n) is 9.64. The van der Waals surface area contributed by atoms with Crippen LogP contribution in [0.1, 0.15) is 21.5 Å². The molecule has 0 bridgehead atoms. The number of halogens is 1. The summed E-state index contributed by atoms with van der Waals surface area (Å²) < 4.78 is 18.9. The minimum Gasteiger partial charge on any atom is -0.496 e. The molecular formula is C22H26FN3O3. The first-order chi connectivity index (χ1) is 14.0. The first kappa shape index (κ1) is 20.8. The summed E-state index contributed by atoms with van der Waals surface area (Å²) in [7, 11) is 1.59. The highest BCUT2D eigenvalue weighted by atomic mass is 19.1. The molecule has 1 aliphatic rings. The quantitative estimate of drug-likeness (QED) is 0.809. The lowest BCUT2D eigenvalue weighted by Crippen LogP contribution is -2.51. The molecule has 0 radical (unpaired) electrons. The molecule has 29 heavy (non-hydrogen) atoms. The van der Waals surface area contributed by atoms with Crippen LogP contribution < -0.4 is 10.1 Å². The van der Waals surface area contributed by atoms with Gasteiger partial charge in [-0.2, -0.15) is 0 Å². The minimum absolute atomic E-state index is 0.0352. The summed E-state index contributed by atoms with van der Waals surface area (Å²) in [5, 5.41) is 2.75. The molecule has 2 aromatic carbocycles. The molecule has 0 spiro atoms. The van der Waals surface area contributed by atoms with E-state index in [0.29, 0.717) is 43.1 Å². The molecule has 1 aliphatic heterocycles. The second-order valence-corrected chi connectivity index (χ2v) is 7.12. The Balaban J connectivity index is 1.47. The summed E-state index contributed by atoms with van der Waals surface area (Å²) in [6.45, 7) is 4.66. The fourth-order valence-corrected chi connectivity index (χ4v) is 3.34. The van der Waals surface area contributed by atoms with Crippen LogP contribution in [0.5, 0.6) is 5.75 Å². The van der Waals surface area contributed by atoms with Crippen LogP contribution in [0.25, 0.3) is 0 Å². The van der Waals surface area contributed by atoms with Crippen molar-refractivity contribution in [1.82, 2.24) is 15.1 Å². The number of ether oxygens (including phenoxy) is 1. The number of hydrogen-bond acceptors (Lipinski definition) is 4. The van der Waals surface area contributed by atoms with Gasteiger partial charge in [-0.05, 0) is 30.7 Å². The molecule has 0 saturated carbocycles. The summed E-state index contributed by atoms with van der Waals surface area (Å²) in [4.78, 5) is 28.7. The monoisotopic (exact) mass is 399 g/mol. The molecule has 1 fully saturated rings. The predicted octanol–water partition coefficient (Wildman–Crippen LogP) is 2.22. The summed E-state index contributed by atoms with van der Waals surface area (Å²) in [6, 6.07) is 11.8. The van der Waals surface area contributed by atoms with Crippen LogP contribution in [0, 0.1) is 12.7 Å². The number of nitrogens with one attached hydrogen (secondary N) is 1. The van der Waals surface area contributed by atoms with Gasteiger partial charge in [0.05, 0.1) is 13.7 Å². The second-order valence-electron chi connectivity index (χ2n) is 7.12. The number of carbonyl (C=O) groups excluding carboxylic acids is 2. The molecule has 2 aromatic rings. The van der Waals surface area contributed by atoms with E-state index in [-0.39, 0.29) is 30.7 Å². The Morgan fingerprint density at radius 1 is 1.10 bits per heavy atom. The van der Waals surface area contributed by atoms with Crippen LogP contribution in [0.3, 0.4) is 0 Å². The third-order valence-corrected chi connectivity index (χ3v) is 5.12. The highest BCUT2D eigenvalue weighted by molar-refractivity contribution is 5.94. The zero-order valence-electron chi connectivity index (χ0n) is 16.8. The molecule has 2 amide bonds. The average Bonchev–Trinajstić information content (AvgIpc) is 2.73. The van der Waals surface area contributed by atoms with E-state index in [1.54, 1.807) is 36.3 Å². The zero-order valence-corrected chi connectivity index (χ0v) is 16.8. The van der Waals surface area contributed by atoms with Crippen molar-refractivity contribution in [2.75, 3.05) is 39.8 Å². The van der Waals surface area contributed by atoms with Gasteiger partial charge in [-0.1, -0.05) is 24.3 Å². The number of amides is 2. The van der Waals surface area contributed by atoms with E-state index in [1.807, 2.05) is 24.0 Å². The molecule has 6 nitrogen and oxygen atoms in total. The first-order valence-corrected chi connectivity index (χ1v) is 9.64. The molecule has 154 valence electrons. The SMILES string of the molecule is COc1cc(C(=O)N2CCN(CC(=O)NCc3ccccc3F)CC2)ccc1C. The van der Waals surface area contributed by atoms with Crippen molar-refractivity contribution in [1.29, 1.82) is 0 Å². The molecule has 1 saturated heterocycles. The van der Waals surface area contributed by atoms with E-state index in [2.05, 4.69) is 5.32 Å². The van der Waals surface area contributed by atoms with E-state index in [0.717, 1.165) is 5.56 Å². The number of aryl methyl sites for hydroxylation is 1. The van der Waals surface area contributed by atoms with Gasteiger partial charge in [0.2, 0.25) is 5.91 Å². The molecule has 0 aromatic heterocycles. The van der Waals surface area contributed by atoms with Gasteiger partial charge in [-0.15, -0.1) is 0 Å². The number of nitrogens with zero attached hydrogens (tertiary/aromatic N) is 2. The molecule has 1 N–H and O–H groups in total. The number of benzene rings is 2. The van der Waals surface area contributed by atoms with Gasteiger partial charge >= 0.3 is 0 Å². The van der Waals surface area contributed by atoms with Crippen molar-refractivity contribution < 1.29 is 18.7 Å². The Bertz CT molecular complexity index is 879. The van der Waals surface area contributed by atoms with E-state index in [4.69, 9.17) is 4.74 Å². The van der Waals surface area contributed by atoms with E-state index in [1.165, 1.54) is 6.07 Å². The van der Waals surface area contributed by atoms with Crippen LogP contribution in [0.4, 0.5) is 4.39 Å². The van der Waals surface area contributed by atoms with Gasteiger partial charge in [0.25, 0.3) is 5.91 Å². The van der Waals surface area contributed by atoms with E-state index < -0.39 is 0 Å². The normalized spacial score (nSPS) is 14.5. The van der Waals surface area contributed by atoms with Crippen LogP contribution in [-0.4, -0.2) is 61.4 Å². The molecular weight excluding hydrogens is 373 g/mol. The number of hydrogen-bond donors (Lipinski definition) is 1. The number of rotatable bonds is 6. The molecule has 0 atom stereocenters. The average molecular weight is 399 g/mol. The molecule has 7 heteroatoms. The topological polar surface area (TPSA) is 61.9 Å². The fourth-order valence-electron chi connectivity index (χ4n) is 3.34. The third kappa shape index (κ3) is 5.32. The smallest absolute Gasteiger partial charge is 0.254 e. The maximum atomic E-state index is 13.6. The van der Waals surface area contributed by atoms with Crippen molar-refractivity contribution >= 4 is 11.8 Å². The van der Waals surface area contributed by atoms with Crippen molar-refractivity contribution in [2.45, 2.75) is 13.5 Å². The lowest BCUT2D eigenvalue weighted by Gasteiger charge is -2.34. The zero-order chi connectivity index (χ0) is 20.8. The fraction of sp³-hybridized carbons (Fsp3) is 0.364.